The molecule has 7 heteroatoms. The first-order valence-electron chi connectivity index (χ1n) is 11.9. The van der Waals surface area contributed by atoms with Gasteiger partial charge in [-0.25, -0.2) is 0 Å². The van der Waals surface area contributed by atoms with Crippen LogP contribution in [0, 0.1) is 0 Å². The highest BCUT2D eigenvalue weighted by molar-refractivity contribution is 7.10. The third kappa shape index (κ3) is 5.52. The van der Waals surface area contributed by atoms with E-state index in [9.17, 15) is 9.59 Å². The van der Waals surface area contributed by atoms with E-state index in [4.69, 9.17) is 5.10 Å². The molecule has 0 spiro atoms. The smallest absolute Gasteiger partial charge is 0.243 e. The minimum Gasteiger partial charge on any atom is -0.350 e. The highest BCUT2D eigenvalue weighted by Crippen LogP contribution is 2.24. The number of hydrogen-bond acceptors (Lipinski definition) is 4. The molecule has 0 radical (unpaired) electrons. The van der Waals surface area contributed by atoms with Gasteiger partial charge in [0.15, 0.2) is 0 Å². The number of thiophene rings is 1. The van der Waals surface area contributed by atoms with Gasteiger partial charge >= 0.3 is 0 Å². The molecule has 1 aliphatic rings. The van der Waals surface area contributed by atoms with Crippen LogP contribution in [0.15, 0.2) is 84.4 Å². The van der Waals surface area contributed by atoms with E-state index in [-0.39, 0.29) is 11.8 Å². The zero-order valence-electron chi connectivity index (χ0n) is 19.5. The molecule has 1 N–H and O–H groups in total. The minimum atomic E-state index is -0.415. The largest absolute Gasteiger partial charge is 0.350 e. The first-order chi connectivity index (χ1) is 17.2. The fourth-order valence-corrected chi connectivity index (χ4v) is 5.28. The summed E-state index contributed by atoms with van der Waals surface area (Å²) in [5, 5.41) is 9.90. The Bertz CT molecular complexity index is 1270. The van der Waals surface area contributed by atoms with Crippen molar-refractivity contribution in [1.29, 1.82) is 0 Å². The summed E-state index contributed by atoms with van der Waals surface area (Å²) >= 11 is 1.57. The molecule has 178 valence electrons. The molecule has 5 rings (SSSR count). The van der Waals surface area contributed by atoms with Crippen molar-refractivity contribution in [2.45, 2.75) is 38.4 Å². The Balaban J connectivity index is 1.29. The lowest BCUT2D eigenvalue weighted by Crippen LogP contribution is -2.46. The molecule has 3 heterocycles. The molecule has 6 nitrogen and oxygen atoms in total. The molecule has 2 aromatic heterocycles. The molecule has 1 fully saturated rings. The van der Waals surface area contributed by atoms with Gasteiger partial charge in [-0.05, 0) is 29.9 Å². The van der Waals surface area contributed by atoms with Crippen molar-refractivity contribution in [3.8, 4) is 11.3 Å². The van der Waals surface area contributed by atoms with E-state index in [1.54, 1.807) is 16.2 Å². The maximum Gasteiger partial charge on any atom is 0.243 e. The lowest BCUT2D eigenvalue weighted by molar-refractivity contribution is -0.138. The van der Waals surface area contributed by atoms with E-state index in [0.29, 0.717) is 32.5 Å². The van der Waals surface area contributed by atoms with Crippen LogP contribution in [0.1, 0.15) is 28.8 Å². The quantitative estimate of drug-likeness (QED) is 0.400. The average Bonchev–Trinajstić information content (AvgIpc) is 3.65. The predicted molar refractivity (Wildman–Crippen MR) is 138 cm³/mol. The van der Waals surface area contributed by atoms with Gasteiger partial charge in [0, 0.05) is 35.3 Å². The summed E-state index contributed by atoms with van der Waals surface area (Å²) in [6.45, 7) is 1.65. The summed E-state index contributed by atoms with van der Waals surface area (Å²) in [5.41, 5.74) is 3.99. The van der Waals surface area contributed by atoms with Gasteiger partial charge in [0.25, 0.3) is 0 Å². The molecule has 1 saturated heterocycles. The van der Waals surface area contributed by atoms with Crippen molar-refractivity contribution in [2.24, 2.45) is 0 Å². The van der Waals surface area contributed by atoms with Crippen molar-refractivity contribution in [1.82, 2.24) is 20.0 Å². The number of aromatic nitrogens is 2. The van der Waals surface area contributed by atoms with Crippen LogP contribution in [0.2, 0.25) is 0 Å². The molecule has 2 amide bonds. The molecule has 4 aromatic rings. The van der Waals surface area contributed by atoms with Crippen LogP contribution in [0.4, 0.5) is 0 Å². The molecule has 0 aliphatic carbocycles. The van der Waals surface area contributed by atoms with Gasteiger partial charge in [-0.3, -0.25) is 14.3 Å². The number of carbonyl (C=O) groups is 2. The molecule has 0 bridgehead atoms. The number of likely N-dealkylation sites (tertiary alicyclic amines) is 1. The Morgan fingerprint density at radius 1 is 1.00 bits per heavy atom. The van der Waals surface area contributed by atoms with Crippen molar-refractivity contribution < 1.29 is 9.59 Å². The van der Waals surface area contributed by atoms with E-state index in [2.05, 4.69) is 17.4 Å². The molecule has 0 saturated carbocycles. The van der Waals surface area contributed by atoms with Crippen LogP contribution in [-0.2, 0) is 29.1 Å². The summed E-state index contributed by atoms with van der Waals surface area (Å²) in [4.78, 5) is 28.8. The van der Waals surface area contributed by atoms with E-state index in [1.807, 2.05) is 76.9 Å². The number of nitrogens with one attached hydrogen (secondary N) is 1. The van der Waals surface area contributed by atoms with E-state index in [0.717, 1.165) is 33.7 Å². The third-order valence-electron chi connectivity index (χ3n) is 6.31. The van der Waals surface area contributed by atoms with Gasteiger partial charge in [0.05, 0.1) is 18.7 Å². The summed E-state index contributed by atoms with van der Waals surface area (Å²) in [6, 6.07) is 23.7. The van der Waals surface area contributed by atoms with Crippen molar-refractivity contribution in [3.05, 3.63) is 100 Å². The van der Waals surface area contributed by atoms with Crippen molar-refractivity contribution >= 4 is 23.2 Å². The fourth-order valence-electron chi connectivity index (χ4n) is 4.58. The predicted octanol–water partition coefficient (Wildman–Crippen LogP) is 4.51. The SMILES string of the molecule is O=C(NCc1cn(Cc2ccccc2)nc1-c1ccccc1)C1CCCN1C(=O)Cc1cccs1. The maximum absolute atomic E-state index is 13.2. The first-order valence-corrected chi connectivity index (χ1v) is 12.8. The van der Waals surface area contributed by atoms with Gasteiger partial charge in [-0.15, -0.1) is 11.3 Å². The minimum absolute atomic E-state index is 0.0192. The van der Waals surface area contributed by atoms with Gasteiger partial charge in [-0.2, -0.15) is 5.10 Å². The highest BCUT2D eigenvalue weighted by atomic mass is 32.1. The Hall–Kier alpha value is -3.71. The number of carbonyl (C=O) groups excluding carboxylic acids is 2. The number of benzene rings is 2. The van der Waals surface area contributed by atoms with Crippen molar-refractivity contribution in [2.75, 3.05) is 6.54 Å². The molecule has 2 aromatic carbocycles. The van der Waals surface area contributed by atoms with Crippen LogP contribution < -0.4 is 5.32 Å². The summed E-state index contributed by atoms with van der Waals surface area (Å²) in [7, 11) is 0. The Morgan fingerprint density at radius 2 is 1.77 bits per heavy atom. The van der Waals surface area contributed by atoms with Crippen LogP contribution >= 0.6 is 11.3 Å². The molecule has 1 atom stereocenters. The molecule has 35 heavy (non-hydrogen) atoms. The molecule has 1 unspecified atom stereocenters. The average molecular weight is 485 g/mol. The summed E-state index contributed by atoms with van der Waals surface area (Å²) in [6.07, 6.45) is 3.90. The summed E-state index contributed by atoms with van der Waals surface area (Å²) in [5.74, 6) is -0.0809. The van der Waals surface area contributed by atoms with Crippen molar-refractivity contribution in [3.63, 3.8) is 0 Å². The lowest BCUT2D eigenvalue weighted by Gasteiger charge is -2.24. The third-order valence-corrected chi connectivity index (χ3v) is 7.18. The number of nitrogens with zero attached hydrogens (tertiary/aromatic N) is 3. The monoisotopic (exact) mass is 484 g/mol. The van der Waals surface area contributed by atoms with E-state index >= 15 is 0 Å². The van der Waals surface area contributed by atoms with Crippen LogP contribution in [0.25, 0.3) is 11.3 Å². The van der Waals surface area contributed by atoms with Gasteiger partial charge in [0.2, 0.25) is 11.8 Å². The zero-order chi connectivity index (χ0) is 24.0. The highest BCUT2D eigenvalue weighted by Gasteiger charge is 2.34. The Labute approximate surface area is 209 Å². The van der Waals surface area contributed by atoms with Gasteiger partial charge in [-0.1, -0.05) is 66.7 Å². The second-order valence-electron chi connectivity index (χ2n) is 8.77. The Kier molecular flexibility index (Phi) is 7.04. The van der Waals surface area contributed by atoms with E-state index in [1.165, 1.54) is 0 Å². The maximum atomic E-state index is 13.2. The Morgan fingerprint density at radius 3 is 2.51 bits per heavy atom. The second-order valence-corrected chi connectivity index (χ2v) is 9.80. The fraction of sp³-hybridized carbons (Fsp3) is 0.250. The molecular formula is C28H28N4O2S. The van der Waals surface area contributed by atoms with E-state index < -0.39 is 6.04 Å². The van der Waals surface area contributed by atoms with Crippen LogP contribution in [0.3, 0.4) is 0 Å². The topological polar surface area (TPSA) is 67.2 Å². The summed E-state index contributed by atoms with van der Waals surface area (Å²) < 4.78 is 1.92. The standard InChI is InChI=1S/C28H28N4O2S/c33-26(17-24-13-8-16-35-24)32-15-7-14-25(32)28(34)29-18-23-20-31(19-21-9-3-1-4-10-21)30-27(23)22-11-5-2-6-12-22/h1-6,8-13,16,20,25H,7,14-15,17-19H2,(H,29,34). The number of hydrogen-bond donors (Lipinski definition) is 1. The van der Waals surface area contributed by atoms with Crippen LogP contribution in [-0.4, -0.2) is 39.1 Å². The zero-order valence-corrected chi connectivity index (χ0v) is 20.3. The van der Waals surface area contributed by atoms with Gasteiger partial charge < -0.3 is 10.2 Å². The normalized spacial score (nSPS) is 15.3. The first kappa shape index (κ1) is 23.1. The number of amides is 2. The van der Waals surface area contributed by atoms with Gasteiger partial charge in [0.1, 0.15) is 6.04 Å². The second kappa shape index (κ2) is 10.7. The number of rotatable bonds is 8. The van der Waals surface area contributed by atoms with Crippen LogP contribution in [0.5, 0.6) is 0 Å². The lowest BCUT2D eigenvalue weighted by atomic mass is 10.1. The molecular weight excluding hydrogens is 456 g/mol. The molecule has 1 aliphatic heterocycles.